The van der Waals surface area contributed by atoms with Gasteiger partial charge in [0.25, 0.3) is 12.9 Å². The normalized spacial score (nSPS) is 49.9. The average molecular weight is 377 g/mol. The third-order valence-electron chi connectivity index (χ3n) is 9.78. The second-order valence-electron chi connectivity index (χ2n) is 10.5. The Morgan fingerprint density at radius 1 is 0.889 bits per heavy atom. The van der Waals surface area contributed by atoms with Gasteiger partial charge in [0, 0.05) is 5.92 Å². The van der Waals surface area contributed by atoms with Crippen LogP contribution in [-0.4, -0.2) is 25.2 Å². The maximum Gasteiger partial charge on any atom is 0.293 e. The maximum absolute atomic E-state index is 10.9. The van der Waals surface area contributed by atoms with Crippen LogP contribution < -0.4 is 0 Å². The lowest BCUT2D eigenvalue weighted by atomic mass is 9.44. The van der Waals surface area contributed by atoms with Gasteiger partial charge in [0.05, 0.1) is 0 Å². The predicted molar refractivity (Wildman–Crippen MR) is 103 cm³/mol. The Morgan fingerprint density at radius 3 is 2.37 bits per heavy atom. The van der Waals surface area contributed by atoms with E-state index in [-0.39, 0.29) is 12.2 Å². The molecule has 0 aromatic carbocycles. The minimum Gasteiger partial charge on any atom is -0.465 e. The zero-order chi connectivity index (χ0) is 19.2. The van der Waals surface area contributed by atoms with E-state index in [1.807, 2.05) is 0 Å². The molecule has 0 saturated heterocycles. The first-order chi connectivity index (χ1) is 12.9. The summed E-state index contributed by atoms with van der Waals surface area (Å²) < 4.78 is 10.7. The molecule has 0 amide bonds. The Balaban J connectivity index is 1.53. The summed E-state index contributed by atoms with van der Waals surface area (Å²) in [6.07, 6.45) is 11.2. The number of fused-ring (bicyclic) bond motifs is 5. The van der Waals surface area contributed by atoms with Gasteiger partial charge in [-0.05, 0) is 99.2 Å². The summed E-state index contributed by atoms with van der Waals surface area (Å²) in [5, 5.41) is 0. The van der Waals surface area contributed by atoms with Crippen molar-refractivity contribution in [3.8, 4) is 0 Å². The molecule has 0 N–H and O–H groups in total. The van der Waals surface area contributed by atoms with Gasteiger partial charge >= 0.3 is 0 Å². The molecular weight excluding hydrogens is 340 g/mol. The number of hydrogen-bond acceptors (Lipinski definition) is 4. The van der Waals surface area contributed by atoms with Crippen molar-refractivity contribution >= 4 is 12.9 Å². The molecule has 4 heteroatoms. The van der Waals surface area contributed by atoms with Gasteiger partial charge in [0.15, 0.2) is 0 Å². The fourth-order valence-corrected chi connectivity index (χ4v) is 8.42. The van der Waals surface area contributed by atoms with E-state index in [0.717, 1.165) is 30.6 Å². The molecule has 4 fully saturated rings. The second kappa shape index (κ2) is 7.08. The van der Waals surface area contributed by atoms with Crippen molar-refractivity contribution in [3.63, 3.8) is 0 Å². The van der Waals surface area contributed by atoms with Crippen LogP contribution in [0.15, 0.2) is 0 Å². The predicted octanol–water partition coefficient (Wildman–Crippen LogP) is 4.75. The topological polar surface area (TPSA) is 52.6 Å². The Morgan fingerprint density at radius 2 is 1.63 bits per heavy atom. The molecule has 4 rings (SSSR count). The van der Waals surface area contributed by atoms with Gasteiger partial charge in [-0.25, -0.2) is 0 Å². The van der Waals surface area contributed by atoms with Crippen molar-refractivity contribution in [2.75, 3.05) is 0 Å². The lowest BCUT2D eigenvalue weighted by Crippen LogP contribution is -2.54. The van der Waals surface area contributed by atoms with E-state index in [2.05, 4.69) is 20.8 Å². The minimum atomic E-state index is 0.0388. The summed E-state index contributed by atoms with van der Waals surface area (Å²) in [5.41, 5.74) is 0.737. The summed E-state index contributed by atoms with van der Waals surface area (Å²) in [6.45, 7) is 8.40. The average Bonchev–Trinajstić information content (AvgIpc) is 3.00. The molecule has 0 aromatic heterocycles. The van der Waals surface area contributed by atoms with E-state index in [1.54, 1.807) is 0 Å². The molecule has 4 saturated carbocycles. The summed E-state index contributed by atoms with van der Waals surface area (Å²) >= 11 is 0. The van der Waals surface area contributed by atoms with Crippen LogP contribution in [0, 0.1) is 40.4 Å². The molecule has 4 aliphatic carbocycles. The molecule has 4 aliphatic rings. The second-order valence-corrected chi connectivity index (χ2v) is 10.5. The van der Waals surface area contributed by atoms with Crippen LogP contribution in [0.3, 0.4) is 0 Å². The molecule has 0 aromatic rings. The number of hydrogen-bond donors (Lipinski definition) is 0. The Bertz CT molecular complexity index is 577. The minimum absolute atomic E-state index is 0.0388. The first kappa shape index (κ1) is 19.3. The van der Waals surface area contributed by atoms with Crippen molar-refractivity contribution in [2.45, 2.75) is 90.8 Å². The van der Waals surface area contributed by atoms with E-state index in [0.29, 0.717) is 35.6 Å². The Kier molecular flexibility index (Phi) is 5.05. The smallest absolute Gasteiger partial charge is 0.293 e. The van der Waals surface area contributed by atoms with Crippen LogP contribution in [0.25, 0.3) is 0 Å². The molecular formula is C23H36O4. The van der Waals surface area contributed by atoms with E-state index >= 15 is 0 Å². The molecule has 9 atom stereocenters. The third-order valence-corrected chi connectivity index (χ3v) is 9.78. The molecule has 0 aliphatic heterocycles. The number of carbonyl (C=O) groups is 2. The summed E-state index contributed by atoms with van der Waals surface area (Å²) in [6, 6.07) is 0. The van der Waals surface area contributed by atoms with Gasteiger partial charge < -0.3 is 9.47 Å². The standard InChI is InChI=1S/C23H36O4/c1-15(26-13-24)19-6-7-20-18-5-4-16-12-17(27-14-25)8-10-22(16,2)21(18)9-11-23(19,20)3/h13-21H,4-12H2,1-3H3/t15-,16+,17+,18-,19+,20-,21-,22-,23+/m0/s1. The van der Waals surface area contributed by atoms with Gasteiger partial charge in [0.1, 0.15) is 12.2 Å². The zero-order valence-corrected chi connectivity index (χ0v) is 17.2. The van der Waals surface area contributed by atoms with Crippen molar-refractivity contribution in [1.29, 1.82) is 0 Å². The van der Waals surface area contributed by atoms with Crippen LogP contribution in [-0.2, 0) is 19.1 Å². The molecule has 0 bridgehead atoms. The quantitative estimate of drug-likeness (QED) is 0.650. The molecule has 27 heavy (non-hydrogen) atoms. The highest BCUT2D eigenvalue weighted by molar-refractivity contribution is 5.38. The SMILES string of the molecule is C[C@H](OC=O)[C@H]1CC[C@H]2[C@@H]3CC[C@@H]4C[C@H](OC=O)CC[C@]4(C)[C@H]3CC[C@]12C. The fraction of sp³-hybridized carbons (Fsp3) is 0.913. The highest BCUT2D eigenvalue weighted by atomic mass is 16.5. The highest BCUT2D eigenvalue weighted by Crippen LogP contribution is 2.67. The first-order valence-corrected chi connectivity index (χ1v) is 11.1. The third kappa shape index (κ3) is 2.93. The Hall–Kier alpha value is -1.06. The van der Waals surface area contributed by atoms with Crippen molar-refractivity contribution in [3.05, 3.63) is 0 Å². The van der Waals surface area contributed by atoms with Crippen molar-refractivity contribution in [1.82, 2.24) is 0 Å². The number of rotatable bonds is 5. The van der Waals surface area contributed by atoms with Crippen molar-refractivity contribution < 1.29 is 19.1 Å². The monoisotopic (exact) mass is 376 g/mol. The van der Waals surface area contributed by atoms with Crippen LogP contribution >= 0.6 is 0 Å². The zero-order valence-electron chi connectivity index (χ0n) is 17.2. The van der Waals surface area contributed by atoms with Crippen LogP contribution in [0.1, 0.15) is 78.6 Å². The fourth-order valence-electron chi connectivity index (χ4n) is 8.42. The van der Waals surface area contributed by atoms with Gasteiger partial charge in [-0.1, -0.05) is 13.8 Å². The van der Waals surface area contributed by atoms with Gasteiger partial charge in [-0.15, -0.1) is 0 Å². The van der Waals surface area contributed by atoms with Crippen LogP contribution in [0.2, 0.25) is 0 Å². The summed E-state index contributed by atoms with van der Waals surface area (Å²) in [5.74, 6) is 3.63. The van der Waals surface area contributed by atoms with E-state index in [9.17, 15) is 9.59 Å². The first-order valence-electron chi connectivity index (χ1n) is 11.1. The highest BCUT2D eigenvalue weighted by Gasteiger charge is 2.61. The van der Waals surface area contributed by atoms with Crippen LogP contribution in [0.5, 0.6) is 0 Å². The molecule has 0 heterocycles. The molecule has 0 unspecified atom stereocenters. The molecule has 0 spiro atoms. The lowest BCUT2D eigenvalue weighted by Gasteiger charge is -2.61. The summed E-state index contributed by atoms with van der Waals surface area (Å²) in [4.78, 5) is 21.7. The van der Waals surface area contributed by atoms with Crippen LogP contribution in [0.4, 0.5) is 0 Å². The number of ether oxygens (including phenoxy) is 2. The molecule has 4 nitrogen and oxygen atoms in total. The van der Waals surface area contributed by atoms with Crippen molar-refractivity contribution in [2.24, 2.45) is 40.4 Å². The van der Waals surface area contributed by atoms with Gasteiger partial charge in [-0.2, -0.15) is 0 Å². The Labute approximate surface area is 163 Å². The molecule has 0 radical (unpaired) electrons. The number of carbonyl (C=O) groups excluding carboxylic acids is 2. The lowest BCUT2D eigenvalue weighted by molar-refractivity contribution is -0.155. The largest absolute Gasteiger partial charge is 0.465 e. The van der Waals surface area contributed by atoms with Gasteiger partial charge in [-0.3, -0.25) is 9.59 Å². The van der Waals surface area contributed by atoms with E-state index < -0.39 is 0 Å². The summed E-state index contributed by atoms with van der Waals surface area (Å²) in [7, 11) is 0. The molecule has 152 valence electrons. The van der Waals surface area contributed by atoms with Gasteiger partial charge in [0.2, 0.25) is 0 Å². The van der Waals surface area contributed by atoms with E-state index in [1.165, 1.54) is 44.9 Å². The maximum atomic E-state index is 10.9. The van der Waals surface area contributed by atoms with E-state index in [4.69, 9.17) is 9.47 Å².